The van der Waals surface area contributed by atoms with Crippen molar-refractivity contribution in [3.05, 3.63) is 42.1 Å². The number of carbonyl (C=O) groups excluding carboxylic acids is 1. The summed E-state index contributed by atoms with van der Waals surface area (Å²) < 4.78 is 1.41. The third-order valence-electron chi connectivity index (χ3n) is 3.01. The molecule has 1 aromatic carbocycles. The van der Waals surface area contributed by atoms with Crippen molar-refractivity contribution < 1.29 is 4.79 Å². The Balaban J connectivity index is 2.11. The number of benzene rings is 1. The first kappa shape index (κ1) is 14.7. The van der Waals surface area contributed by atoms with Gasteiger partial charge in [-0.2, -0.15) is 9.78 Å². The summed E-state index contributed by atoms with van der Waals surface area (Å²) in [5.41, 5.74) is 1.22. The van der Waals surface area contributed by atoms with Gasteiger partial charge in [-0.3, -0.25) is 0 Å². The van der Waals surface area contributed by atoms with Crippen molar-refractivity contribution in [1.29, 1.82) is 0 Å². The number of aromatic nitrogens is 2. The van der Waals surface area contributed by atoms with Crippen LogP contribution in [0.1, 0.15) is 19.4 Å². The second kappa shape index (κ2) is 6.61. The fraction of sp³-hybridized carbons (Fsp3) is 0.333. The van der Waals surface area contributed by atoms with Gasteiger partial charge in [-0.25, -0.2) is 4.79 Å². The Labute approximate surface area is 123 Å². The van der Waals surface area contributed by atoms with Gasteiger partial charge in [0, 0.05) is 24.2 Å². The van der Waals surface area contributed by atoms with Crippen LogP contribution >= 0.6 is 11.8 Å². The fourth-order valence-corrected chi connectivity index (χ4v) is 2.80. The number of hydrogen-bond donors (Lipinski definition) is 0. The molecular weight excluding hydrogens is 270 g/mol. The van der Waals surface area contributed by atoms with Gasteiger partial charge in [-0.1, -0.05) is 29.5 Å². The van der Waals surface area contributed by atoms with E-state index in [2.05, 4.69) is 24.2 Å². The molecule has 2 rings (SSSR count). The van der Waals surface area contributed by atoms with Crippen LogP contribution in [0.15, 0.2) is 46.5 Å². The highest BCUT2D eigenvalue weighted by atomic mass is 32.2. The Kier molecular flexibility index (Phi) is 4.84. The number of hydrogen-bond acceptors (Lipinski definition) is 3. The van der Waals surface area contributed by atoms with Crippen molar-refractivity contribution in [2.75, 3.05) is 13.1 Å². The Bertz CT molecular complexity index is 590. The van der Waals surface area contributed by atoms with Crippen molar-refractivity contribution >= 4 is 17.8 Å². The Hall–Kier alpha value is -1.75. The molecule has 0 saturated carbocycles. The molecule has 1 amide bonds. The molecular formula is C15H19N3OS. The zero-order valence-corrected chi connectivity index (χ0v) is 12.9. The average molecular weight is 289 g/mol. The summed E-state index contributed by atoms with van der Waals surface area (Å²) in [7, 11) is 0. The van der Waals surface area contributed by atoms with Crippen LogP contribution in [0.4, 0.5) is 4.79 Å². The topological polar surface area (TPSA) is 38.1 Å². The van der Waals surface area contributed by atoms with E-state index in [0.717, 1.165) is 9.92 Å². The summed E-state index contributed by atoms with van der Waals surface area (Å²) >= 11 is 1.56. The smallest absolute Gasteiger partial charge is 0.323 e. The van der Waals surface area contributed by atoms with E-state index in [4.69, 9.17) is 0 Å². The summed E-state index contributed by atoms with van der Waals surface area (Å²) in [5, 5.41) is 5.17. The van der Waals surface area contributed by atoms with E-state index < -0.39 is 0 Å². The van der Waals surface area contributed by atoms with Gasteiger partial charge in [0.05, 0.1) is 0 Å². The van der Waals surface area contributed by atoms with Gasteiger partial charge in [0.1, 0.15) is 5.03 Å². The van der Waals surface area contributed by atoms with Crippen molar-refractivity contribution in [3.8, 4) is 0 Å². The Morgan fingerprint density at radius 1 is 1.30 bits per heavy atom. The highest BCUT2D eigenvalue weighted by Crippen LogP contribution is 2.26. The lowest BCUT2D eigenvalue weighted by Gasteiger charge is -2.17. The molecule has 0 atom stereocenters. The minimum Gasteiger partial charge on any atom is -0.323 e. The van der Waals surface area contributed by atoms with Crippen LogP contribution in [0.3, 0.4) is 0 Å². The van der Waals surface area contributed by atoms with Crippen LogP contribution in [0, 0.1) is 6.92 Å². The van der Waals surface area contributed by atoms with Gasteiger partial charge in [0.15, 0.2) is 0 Å². The Morgan fingerprint density at radius 2 is 2.05 bits per heavy atom. The minimum atomic E-state index is -0.0777. The van der Waals surface area contributed by atoms with E-state index in [0.29, 0.717) is 13.1 Å². The second-order valence-electron chi connectivity index (χ2n) is 4.47. The fourth-order valence-electron chi connectivity index (χ4n) is 1.91. The summed E-state index contributed by atoms with van der Waals surface area (Å²) in [5.74, 6) is 0. The first-order chi connectivity index (χ1) is 9.63. The third kappa shape index (κ3) is 3.42. The van der Waals surface area contributed by atoms with E-state index in [1.54, 1.807) is 22.9 Å². The highest BCUT2D eigenvalue weighted by Gasteiger charge is 2.13. The Morgan fingerprint density at radius 3 is 2.70 bits per heavy atom. The number of carbonyl (C=O) groups is 1. The predicted octanol–water partition coefficient (Wildman–Crippen LogP) is 3.65. The van der Waals surface area contributed by atoms with Crippen LogP contribution in [-0.2, 0) is 0 Å². The SMILES string of the molecule is CCN(CC)C(=O)n1ccc(Sc2cccc(C)c2)n1. The van der Waals surface area contributed by atoms with Crippen molar-refractivity contribution in [2.45, 2.75) is 30.7 Å². The maximum absolute atomic E-state index is 12.1. The van der Waals surface area contributed by atoms with Crippen molar-refractivity contribution in [1.82, 2.24) is 14.7 Å². The molecule has 0 spiro atoms. The first-order valence-electron chi connectivity index (χ1n) is 6.73. The van der Waals surface area contributed by atoms with Crippen LogP contribution in [0.5, 0.6) is 0 Å². The molecule has 0 aliphatic carbocycles. The van der Waals surface area contributed by atoms with Crippen LogP contribution in [-0.4, -0.2) is 33.8 Å². The standard InChI is InChI=1S/C15H19N3OS/c1-4-17(5-2)15(19)18-10-9-14(16-18)20-13-8-6-7-12(3)11-13/h6-11H,4-5H2,1-3H3. The number of amides is 1. The molecule has 0 saturated heterocycles. The lowest BCUT2D eigenvalue weighted by atomic mass is 10.2. The van der Waals surface area contributed by atoms with Crippen molar-refractivity contribution in [3.63, 3.8) is 0 Å². The molecule has 5 heteroatoms. The molecule has 106 valence electrons. The molecule has 2 aromatic rings. The average Bonchev–Trinajstić information content (AvgIpc) is 2.88. The van der Waals surface area contributed by atoms with Crippen LogP contribution in [0.25, 0.3) is 0 Å². The molecule has 0 aliphatic heterocycles. The van der Waals surface area contributed by atoms with E-state index in [1.165, 1.54) is 10.2 Å². The second-order valence-corrected chi connectivity index (χ2v) is 5.57. The lowest BCUT2D eigenvalue weighted by molar-refractivity contribution is 0.201. The molecule has 0 unspecified atom stereocenters. The molecule has 0 radical (unpaired) electrons. The summed E-state index contributed by atoms with van der Waals surface area (Å²) in [6.07, 6.45) is 1.72. The van der Waals surface area contributed by atoms with Gasteiger partial charge in [-0.05, 0) is 39.0 Å². The summed E-state index contributed by atoms with van der Waals surface area (Å²) in [6.45, 7) is 7.37. The normalized spacial score (nSPS) is 10.6. The van der Waals surface area contributed by atoms with Crippen LogP contribution < -0.4 is 0 Å². The largest absolute Gasteiger partial charge is 0.344 e. The predicted molar refractivity (Wildman–Crippen MR) is 81.2 cm³/mol. The maximum atomic E-state index is 12.1. The van der Waals surface area contributed by atoms with E-state index in [9.17, 15) is 4.79 Å². The molecule has 1 aromatic heterocycles. The van der Waals surface area contributed by atoms with E-state index in [-0.39, 0.29) is 6.03 Å². The summed E-state index contributed by atoms with van der Waals surface area (Å²) in [6, 6.07) is 10.0. The molecule has 4 nitrogen and oxygen atoms in total. The number of nitrogens with zero attached hydrogens (tertiary/aromatic N) is 3. The lowest BCUT2D eigenvalue weighted by Crippen LogP contribution is -2.34. The molecule has 0 bridgehead atoms. The molecule has 0 fully saturated rings. The molecule has 0 aliphatic rings. The van der Waals surface area contributed by atoms with Gasteiger partial charge < -0.3 is 4.90 Å². The number of aryl methyl sites for hydroxylation is 1. The van der Waals surface area contributed by atoms with E-state index in [1.807, 2.05) is 32.0 Å². The highest BCUT2D eigenvalue weighted by molar-refractivity contribution is 7.99. The van der Waals surface area contributed by atoms with Gasteiger partial charge in [0.2, 0.25) is 0 Å². The van der Waals surface area contributed by atoms with Gasteiger partial charge in [-0.15, -0.1) is 0 Å². The number of rotatable bonds is 4. The third-order valence-corrected chi connectivity index (χ3v) is 3.92. The van der Waals surface area contributed by atoms with Crippen molar-refractivity contribution in [2.24, 2.45) is 0 Å². The van der Waals surface area contributed by atoms with E-state index >= 15 is 0 Å². The molecule has 0 N–H and O–H groups in total. The first-order valence-corrected chi connectivity index (χ1v) is 7.55. The summed E-state index contributed by atoms with van der Waals surface area (Å²) in [4.78, 5) is 15.0. The monoisotopic (exact) mass is 289 g/mol. The molecule has 1 heterocycles. The van der Waals surface area contributed by atoms with Crippen LogP contribution in [0.2, 0.25) is 0 Å². The zero-order valence-electron chi connectivity index (χ0n) is 12.0. The zero-order chi connectivity index (χ0) is 14.5. The van der Waals surface area contributed by atoms with Gasteiger partial charge in [0.25, 0.3) is 0 Å². The molecule has 20 heavy (non-hydrogen) atoms. The van der Waals surface area contributed by atoms with Gasteiger partial charge >= 0.3 is 6.03 Å². The maximum Gasteiger partial charge on any atom is 0.344 e. The minimum absolute atomic E-state index is 0.0777. The quantitative estimate of drug-likeness (QED) is 0.862.